The topological polar surface area (TPSA) is 81.4 Å². The maximum atomic E-state index is 12.1. The lowest BCUT2D eigenvalue weighted by Crippen LogP contribution is -2.15. The Hall–Kier alpha value is -2.05. The van der Waals surface area contributed by atoms with E-state index in [0.717, 1.165) is 5.56 Å². The minimum atomic E-state index is -3.46. The average molecular weight is 306 g/mol. The van der Waals surface area contributed by atoms with Crippen LogP contribution in [-0.4, -0.2) is 21.6 Å². The summed E-state index contributed by atoms with van der Waals surface area (Å²) < 4.78 is 32.2. The standard InChI is InChI=1S/C15H18N2O3S/c16-9-10-20-15-8-4-7-14(11-15)17-21(18,19)12-13-5-2-1-3-6-13/h1-8,11,17H,9-10,12,16H2. The molecule has 2 aromatic carbocycles. The molecule has 3 N–H and O–H groups in total. The van der Waals surface area contributed by atoms with E-state index in [4.69, 9.17) is 10.5 Å². The van der Waals surface area contributed by atoms with Crippen LogP contribution in [-0.2, 0) is 15.8 Å². The van der Waals surface area contributed by atoms with Crippen molar-refractivity contribution in [2.45, 2.75) is 5.75 Å². The molecule has 2 aromatic rings. The highest BCUT2D eigenvalue weighted by Gasteiger charge is 2.11. The van der Waals surface area contributed by atoms with Gasteiger partial charge in [-0.1, -0.05) is 36.4 Å². The van der Waals surface area contributed by atoms with E-state index in [0.29, 0.717) is 24.6 Å². The highest BCUT2D eigenvalue weighted by atomic mass is 32.2. The van der Waals surface area contributed by atoms with Gasteiger partial charge in [0.2, 0.25) is 10.0 Å². The predicted molar refractivity (Wildman–Crippen MR) is 83.7 cm³/mol. The fraction of sp³-hybridized carbons (Fsp3) is 0.200. The van der Waals surface area contributed by atoms with Crippen molar-refractivity contribution in [2.75, 3.05) is 17.9 Å². The van der Waals surface area contributed by atoms with Crippen molar-refractivity contribution >= 4 is 15.7 Å². The average Bonchev–Trinajstić information content (AvgIpc) is 2.45. The number of benzene rings is 2. The highest BCUT2D eigenvalue weighted by molar-refractivity contribution is 7.91. The van der Waals surface area contributed by atoms with Gasteiger partial charge in [-0.15, -0.1) is 0 Å². The summed E-state index contributed by atoms with van der Waals surface area (Å²) >= 11 is 0. The maximum absolute atomic E-state index is 12.1. The van der Waals surface area contributed by atoms with Gasteiger partial charge in [-0.2, -0.15) is 0 Å². The summed E-state index contributed by atoms with van der Waals surface area (Å²) in [4.78, 5) is 0. The monoisotopic (exact) mass is 306 g/mol. The van der Waals surface area contributed by atoms with Crippen LogP contribution in [0.5, 0.6) is 5.75 Å². The molecule has 0 saturated heterocycles. The molecule has 0 saturated carbocycles. The normalized spacial score (nSPS) is 11.1. The van der Waals surface area contributed by atoms with Crippen molar-refractivity contribution in [1.29, 1.82) is 0 Å². The van der Waals surface area contributed by atoms with Crippen molar-refractivity contribution < 1.29 is 13.2 Å². The summed E-state index contributed by atoms with van der Waals surface area (Å²) in [7, 11) is -3.46. The Balaban J connectivity index is 2.06. The second kappa shape index (κ2) is 7.10. The van der Waals surface area contributed by atoms with Crippen LogP contribution in [0.15, 0.2) is 54.6 Å². The molecular weight excluding hydrogens is 288 g/mol. The van der Waals surface area contributed by atoms with E-state index in [2.05, 4.69) is 4.72 Å². The van der Waals surface area contributed by atoms with Crippen molar-refractivity contribution in [3.8, 4) is 5.75 Å². The number of ether oxygens (including phenoxy) is 1. The molecule has 0 aliphatic heterocycles. The molecule has 0 atom stereocenters. The zero-order valence-corrected chi connectivity index (χ0v) is 12.3. The van der Waals surface area contributed by atoms with E-state index in [-0.39, 0.29) is 5.75 Å². The molecule has 0 bridgehead atoms. The Labute approximate surface area is 124 Å². The summed E-state index contributed by atoms with van der Waals surface area (Å²) in [6.07, 6.45) is 0. The van der Waals surface area contributed by atoms with Gasteiger partial charge in [0.1, 0.15) is 12.4 Å². The Morgan fingerprint density at radius 2 is 1.81 bits per heavy atom. The number of nitrogens with two attached hydrogens (primary N) is 1. The Morgan fingerprint density at radius 1 is 1.05 bits per heavy atom. The van der Waals surface area contributed by atoms with Gasteiger partial charge in [-0.25, -0.2) is 8.42 Å². The molecule has 112 valence electrons. The van der Waals surface area contributed by atoms with Crippen molar-refractivity contribution in [2.24, 2.45) is 5.73 Å². The third kappa shape index (κ3) is 5.09. The summed E-state index contributed by atoms with van der Waals surface area (Å²) in [6, 6.07) is 15.8. The molecule has 0 spiro atoms. The lowest BCUT2D eigenvalue weighted by Gasteiger charge is -2.10. The molecule has 0 heterocycles. The maximum Gasteiger partial charge on any atom is 0.236 e. The van der Waals surface area contributed by atoms with E-state index >= 15 is 0 Å². The molecule has 0 aliphatic carbocycles. The minimum absolute atomic E-state index is 0.0677. The van der Waals surface area contributed by atoms with Crippen LogP contribution in [0.4, 0.5) is 5.69 Å². The van der Waals surface area contributed by atoms with Crippen LogP contribution in [0, 0.1) is 0 Å². The third-order valence-corrected chi connectivity index (χ3v) is 3.95. The van der Waals surface area contributed by atoms with Gasteiger partial charge in [0, 0.05) is 12.6 Å². The number of anilines is 1. The van der Waals surface area contributed by atoms with Gasteiger partial charge in [0.15, 0.2) is 0 Å². The largest absolute Gasteiger partial charge is 0.492 e. The first-order valence-electron chi connectivity index (χ1n) is 6.56. The summed E-state index contributed by atoms with van der Waals surface area (Å²) in [5.74, 6) is 0.516. The molecular formula is C15H18N2O3S. The molecule has 0 unspecified atom stereocenters. The second-order valence-electron chi connectivity index (χ2n) is 4.51. The summed E-state index contributed by atoms with van der Waals surface area (Å²) in [5, 5.41) is 0. The SMILES string of the molecule is NCCOc1cccc(NS(=O)(=O)Cc2ccccc2)c1. The molecule has 5 nitrogen and oxygen atoms in total. The first-order valence-corrected chi connectivity index (χ1v) is 8.22. The zero-order chi connectivity index (χ0) is 15.1. The fourth-order valence-electron chi connectivity index (χ4n) is 1.84. The lowest BCUT2D eigenvalue weighted by molar-refractivity contribution is 0.328. The molecule has 0 radical (unpaired) electrons. The van der Waals surface area contributed by atoms with E-state index in [1.807, 2.05) is 18.2 Å². The highest BCUT2D eigenvalue weighted by Crippen LogP contribution is 2.19. The zero-order valence-electron chi connectivity index (χ0n) is 11.5. The molecule has 0 amide bonds. The first kappa shape index (κ1) is 15.3. The van der Waals surface area contributed by atoms with Crippen LogP contribution in [0.1, 0.15) is 5.56 Å². The number of rotatable bonds is 7. The summed E-state index contributed by atoms with van der Waals surface area (Å²) in [5.41, 5.74) is 6.57. The lowest BCUT2D eigenvalue weighted by atomic mass is 10.2. The predicted octanol–water partition coefficient (Wildman–Crippen LogP) is 1.97. The van der Waals surface area contributed by atoms with Crippen LogP contribution in [0.25, 0.3) is 0 Å². The fourth-order valence-corrected chi connectivity index (χ4v) is 3.02. The Kier molecular flexibility index (Phi) is 5.19. The second-order valence-corrected chi connectivity index (χ2v) is 6.23. The van der Waals surface area contributed by atoms with Gasteiger partial charge in [-0.05, 0) is 17.7 Å². The first-order chi connectivity index (χ1) is 10.1. The molecule has 6 heteroatoms. The smallest absolute Gasteiger partial charge is 0.236 e. The van der Waals surface area contributed by atoms with Crippen molar-refractivity contribution in [3.63, 3.8) is 0 Å². The Bertz CT molecular complexity index is 672. The third-order valence-electron chi connectivity index (χ3n) is 2.69. The number of hydrogen-bond acceptors (Lipinski definition) is 4. The number of hydrogen-bond donors (Lipinski definition) is 2. The molecule has 0 fully saturated rings. The van der Waals surface area contributed by atoms with Gasteiger partial charge in [0.05, 0.1) is 11.4 Å². The number of sulfonamides is 1. The molecule has 2 rings (SSSR count). The van der Waals surface area contributed by atoms with Crippen molar-refractivity contribution in [3.05, 3.63) is 60.2 Å². The van der Waals surface area contributed by atoms with Gasteiger partial charge < -0.3 is 10.5 Å². The van der Waals surface area contributed by atoms with Crippen LogP contribution >= 0.6 is 0 Å². The van der Waals surface area contributed by atoms with Gasteiger partial charge in [0.25, 0.3) is 0 Å². The minimum Gasteiger partial charge on any atom is -0.492 e. The Morgan fingerprint density at radius 3 is 2.52 bits per heavy atom. The van der Waals surface area contributed by atoms with Crippen LogP contribution < -0.4 is 15.2 Å². The van der Waals surface area contributed by atoms with Crippen LogP contribution in [0.3, 0.4) is 0 Å². The van der Waals surface area contributed by atoms with Gasteiger partial charge >= 0.3 is 0 Å². The molecule has 0 aliphatic rings. The van der Waals surface area contributed by atoms with Gasteiger partial charge in [-0.3, -0.25) is 4.72 Å². The van der Waals surface area contributed by atoms with E-state index in [1.165, 1.54) is 0 Å². The molecule has 0 aromatic heterocycles. The quantitative estimate of drug-likeness (QED) is 0.819. The van der Waals surface area contributed by atoms with Crippen LogP contribution in [0.2, 0.25) is 0 Å². The summed E-state index contributed by atoms with van der Waals surface area (Å²) in [6.45, 7) is 0.796. The van der Waals surface area contributed by atoms with E-state index in [1.54, 1.807) is 36.4 Å². The van der Waals surface area contributed by atoms with E-state index in [9.17, 15) is 8.42 Å². The molecule has 21 heavy (non-hydrogen) atoms. The van der Waals surface area contributed by atoms with E-state index < -0.39 is 10.0 Å². The van der Waals surface area contributed by atoms with Crippen molar-refractivity contribution in [1.82, 2.24) is 0 Å². The number of nitrogens with one attached hydrogen (secondary N) is 1.